The van der Waals surface area contributed by atoms with Gasteiger partial charge in [0.2, 0.25) is 0 Å². The Balaban J connectivity index is 4.40. The summed E-state index contributed by atoms with van der Waals surface area (Å²) >= 11 is 0. The van der Waals surface area contributed by atoms with Gasteiger partial charge in [-0.3, -0.25) is 4.79 Å². The van der Waals surface area contributed by atoms with E-state index < -0.39 is 30.5 Å². The maximum atomic E-state index is 11.8. The molecule has 0 spiro atoms. The molecule has 1 amide bonds. The summed E-state index contributed by atoms with van der Waals surface area (Å²) in [5.41, 5.74) is 7.87. The topological polar surface area (TPSA) is 115 Å². The van der Waals surface area contributed by atoms with Crippen LogP contribution in [0.5, 0.6) is 0 Å². The normalized spacial score (nSPS) is 12.4. The predicted octanol–water partition coefficient (Wildman–Crippen LogP) is 0.819. The third-order valence-electron chi connectivity index (χ3n) is 1.44. The summed E-state index contributed by atoms with van der Waals surface area (Å²) in [6.45, 7) is -0.328. The maximum absolute atomic E-state index is 11.8. The van der Waals surface area contributed by atoms with Crippen molar-refractivity contribution in [1.29, 1.82) is 0 Å². The lowest BCUT2D eigenvalue weighted by atomic mass is 10.2. The smallest absolute Gasteiger partial charge is 0.471 e. The van der Waals surface area contributed by atoms with Crippen LogP contribution in [0.4, 0.5) is 13.2 Å². The van der Waals surface area contributed by atoms with E-state index in [-0.39, 0.29) is 6.54 Å². The van der Waals surface area contributed by atoms with Gasteiger partial charge in [-0.2, -0.15) is 13.2 Å². The van der Waals surface area contributed by atoms with Crippen LogP contribution in [0.1, 0.15) is 6.42 Å². The summed E-state index contributed by atoms with van der Waals surface area (Å²) in [5, 5.41) is 12.7. The zero-order valence-corrected chi connectivity index (χ0v) is 7.73. The quantitative estimate of drug-likeness (QED) is 0.421. The van der Waals surface area contributed by atoms with Gasteiger partial charge in [0.15, 0.2) is 0 Å². The SMILES string of the molecule is [N-]=[N+]=NCC[C@H](NC(=O)C(F)(F)F)C(=O)O. The van der Waals surface area contributed by atoms with Crippen LogP contribution in [0.3, 0.4) is 0 Å². The minimum absolute atomic E-state index is 0.328. The summed E-state index contributed by atoms with van der Waals surface area (Å²) in [5.74, 6) is -3.98. The van der Waals surface area contributed by atoms with Crippen molar-refractivity contribution in [3.05, 3.63) is 10.4 Å². The highest BCUT2D eigenvalue weighted by Gasteiger charge is 2.40. The summed E-state index contributed by atoms with van der Waals surface area (Å²) < 4.78 is 35.3. The Hall–Kier alpha value is -1.96. The molecule has 0 radical (unpaired) electrons. The number of halogens is 3. The number of alkyl halides is 3. The molecule has 0 aromatic rings. The van der Waals surface area contributed by atoms with Crippen molar-refractivity contribution in [3.8, 4) is 0 Å². The average Bonchev–Trinajstić information content (AvgIpc) is 2.14. The van der Waals surface area contributed by atoms with Crippen LogP contribution in [0.2, 0.25) is 0 Å². The highest BCUT2D eigenvalue weighted by Crippen LogP contribution is 2.14. The van der Waals surface area contributed by atoms with Gasteiger partial charge in [0.25, 0.3) is 0 Å². The van der Waals surface area contributed by atoms with E-state index in [2.05, 4.69) is 10.0 Å². The molecule has 16 heavy (non-hydrogen) atoms. The molecule has 0 bridgehead atoms. The highest BCUT2D eigenvalue weighted by molar-refractivity contribution is 5.86. The van der Waals surface area contributed by atoms with E-state index in [0.717, 1.165) is 0 Å². The molecule has 0 unspecified atom stereocenters. The Morgan fingerprint density at radius 1 is 1.50 bits per heavy atom. The summed E-state index contributed by atoms with van der Waals surface area (Å²) in [4.78, 5) is 23.1. The zero-order valence-electron chi connectivity index (χ0n) is 7.73. The van der Waals surface area contributed by atoms with Gasteiger partial charge in [-0.05, 0) is 12.0 Å². The number of nitrogens with zero attached hydrogens (tertiary/aromatic N) is 3. The summed E-state index contributed by atoms with van der Waals surface area (Å²) in [7, 11) is 0. The molecule has 0 aromatic carbocycles. The molecule has 0 aliphatic carbocycles. The Bertz CT molecular complexity index is 323. The number of hydrogen-bond donors (Lipinski definition) is 2. The minimum atomic E-state index is -5.15. The molecule has 10 heteroatoms. The van der Waals surface area contributed by atoms with Gasteiger partial charge in [-0.1, -0.05) is 5.11 Å². The average molecular weight is 240 g/mol. The van der Waals surface area contributed by atoms with E-state index in [1.807, 2.05) is 0 Å². The number of aliphatic carboxylic acids is 1. The van der Waals surface area contributed by atoms with Crippen molar-refractivity contribution in [2.24, 2.45) is 5.11 Å². The first-order valence-electron chi connectivity index (χ1n) is 3.90. The van der Waals surface area contributed by atoms with Gasteiger partial charge in [-0.15, -0.1) is 0 Å². The maximum Gasteiger partial charge on any atom is 0.471 e. The van der Waals surface area contributed by atoms with E-state index in [9.17, 15) is 22.8 Å². The van der Waals surface area contributed by atoms with Gasteiger partial charge in [0, 0.05) is 11.5 Å². The number of carbonyl (C=O) groups excluding carboxylic acids is 1. The fraction of sp³-hybridized carbons (Fsp3) is 0.667. The molecule has 1 atom stereocenters. The Kier molecular flexibility index (Phi) is 5.10. The van der Waals surface area contributed by atoms with Crippen molar-refractivity contribution >= 4 is 11.9 Å². The van der Waals surface area contributed by atoms with Crippen molar-refractivity contribution in [3.63, 3.8) is 0 Å². The largest absolute Gasteiger partial charge is 0.480 e. The van der Waals surface area contributed by atoms with Gasteiger partial charge in [-0.25, -0.2) is 4.79 Å². The number of carboxylic acid groups (broad SMARTS) is 1. The predicted molar refractivity (Wildman–Crippen MR) is 44.3 cm³/mol. The van der Waals surface area contributed by atoms with Crippen molar-refractivity contribution in [1.82, 2.24) is 5.32 Å². The van der Waals surface area contributed by atoms with Crippen LogP contribution in [0, 0.1) is 0 Å². The molecular weight excluding hydrogens is 233 g/mol. The number of carboxylic acids is 1. The molecule has 0 saturated heterocycles. The molecular formula is C6H7F3N4O3. The van der Waals surface area contributed by atoms with Crippen LogP contribution in [-0.2, 0) is 9.59 Å². The Morgan fingerprint density at radius 3 is 2.44 bits per heavy atom. The molecule has 0 fully saturated rings. The molecule has 2 N–H and O–H groups in total. The van der Waals surface area contributed by atoms with E-state index in [4.69, 9.17) is 10.6 Å². The minimum Gasteiger partial charge on any atom is -0.480 e. The molecule has 7 nitrogen and oxygen atoms in total. The number of rotatable bonds is 5. The molecule has 0 aliphatic rings. The first-order chi connectivity index (χ1) is 7.29. The number of hydrogen-bond acceptors (Lipinski definition) is 3. The highest BCUT2D eigenvalue weighted by atomic mass is 19.4. The van der Waals surface area contributed by atoms with Crippen LogP contribution >= 0.6 is 0 Å². The summed E-state index contributed by atoms with van der Waals surface area (Å²) in [6.07, 6.45) is -5.56. The fourth-order valence-electron chi connectivity index (χ4n) is 0.729. The molecule has 0 heterocycles. The van der Waals surface area contributed by atoms with Gasteiger partial charge in [0.1, 0.15) is 6.04 Å². The van der Waals surface area contributed by atoms with Crippen LogP contribution in [-0.4, -0.2) is 35.7 Å². The van der Waals surface area contributed by atoms with Crippen molar-refractivity contribution < 1.29 is 27.9 Å². The third-order valence-corrected chi connectivity index (χ3v) is 1.44. The van der Waals surface area contributed by atoms with Crippen molar-refractivity contribution in [2.75, 3.05) is 6.54 Å². The Morgan fingerprint density at radius 2 is 2.06 bits per heavy atom. The standard InChI is InChI=1S/C6H7F3N4O3/c7-6(8,9)5(16)12-3(4(14)15)1-2-11-13-10/h3H,1-2H2,(H,12,16)(H,14,15)/t3-/m0/s1. The first kappa shape index (κ1) is 14.0. The third kappa shape index (κ3) is 5.05. The van der Waals surface area contributed by atoms with Crippen molar-refractivity contribution in [2.45, 2.75) is 18.6 Å². The monoisotopic (exact) mass is 240 g/mol. The summed E-state index contributed by atoms with van der Waals surface area (Å²) in [6, 6.07) is -1.74. The second kappa shape index (κ2) is 5.81. The molecule has 0 rings (SSSR count). The number of nitrogens with one attached hydrogen (secondary N) is 1. The number of carbonyl (C=O) groups is 2. The second-order valence-corrected chi connectivity index (χ2v) is 2.61. The zero-order chi connectivity index (χ0) is 12.8. The lowest BCUT2D eigenvalue weighted by molar-refractivity contribution is -0.175. The van der Waals surface area contributed by atoms with Gasteiger partial charge in [0.05, 0.1) is 0 Å². The van der Waals surface area contributed by atoms with Gasteiger partial charge < -0.3 is 10.4 Å². The second-order valence-electron chi connectivity index (χ2n) is 2.61. The van der Waals surface area contributed by atoms with E-state index in [1.165, 1.54) is 5.32 Å². The van der Waals surface area contributed by atoms with Crippen LogP contribution < -0.4 is 5.32 Å². The fourth-order valence-corrected chi connectivity index (χ4v) is 0.729. The van der Waals surface area contributed by atoms with E-state index in [0.29, 0.717) is 0 Å². The first-order valence-corrected chi connectivity index (χ1v) is 3.90. The lowest BCUT2D eigenvalue weighted by Gasteiger charge is -2.14. The molecule has 90 valence electrons. The van der Waals surface area contributed by atoms with E-state index >= 15 is 0 Å². The molecule has 0 aliphatic heterocycles. The van der Waals surface area contributed by atoms with E-state index in [1.54, 1.807) is 0 Å². The molecule has 0 saturated carbocycles. The van der Waals surface area contributed by atoms with Crippen LogP contribution in [0.15, 0.2) is 5.11 Å². The van der Waals surface area contributed by atoms with Crippen LogP contribution in [0.25, 0.3) is 10.4 Å². The van der Waals surface area contributed by atoms with Gasteiger partial charge >= 0.3 is 18.1 Å². The number of azide groups is 1. The Labute approximate surface area is 86.9 Å². The lowest BCUT2D eigenvalue weighted by Crippen LogP contribution is -2.47. The number of amides is 1. The molecule has 0 aromatic heterocycles.